The highest BCUT2D eigenvalue weighted by molar-refractivity contribution is 5.89. The minimum Gasteiger partial charge on any atom is -0.497 e. The molecule has 544 valence electrons. The second-order valence-electron chi connectivity index (χ2n) is 21.2. The van der Waals surface area contributed by atoms with Gasteiger partial charge < -0.3 is 110 Å². The number of benzene rings is 6. The third-order valence-corrected chi connectivity index (χ3v) is 14.8. The van der Waals surface area contributed by atoms with Crippen molar-refractivity contribution in [2.24, 2.45) is 0 Å². The lowest BCUT2D eigenvalue weighted by molar-refractivity contribution is -0.351. The van der Waals surface area contributed by atoms with E-state index in [9.17, 15) is 39.0 Å². The summed E-state index contributed by atoms with van der Waals surface area (Å²) in [6, 6.07) is 25.8. The zero-order chi connectivity index (χ0) is 72.9. The van der Waals surface area contributed by atoms with Crippen LogP contribution in [0.4, 0.5) is 62.9 Å². The molecule has 35 nitrogen and oxygen atoms in total. The summed E-state index contributed by atoms with van der Waals surface area (Å²) < 4.78 is 120. The number of hydrogen-bond donors (Lipinski definition) is 8. The summed E-state index contributed by atoms with van der Waals surface area (Å²) >= 11 is 0. The highest BCUT2D eigenvalue weighted by atomic mass is 16.8. The summed E-state index contributed by atoms with van der Waals surface area (Å²) in [6.45, 7) is -1.95. The van der Waals surface area contributed by atoms with E-state index in [1.165, 1.54) is 195 Å². The Kier molecular flexibility index (Phi) is 26.6. The number of methoxy groups -OCH3 is 12. The summed E-state index contributed by atoms with van der Waals surface area (Å²) in [5.74, 6) is 2.67. The molecule has 35 heteroatoms. The number of hydrogen-bond acceptors (Lipinski definition) is 29. The Morgan fingerprint density at radius 2 is 0.535 bits per heavy atom. The molecule has 2 fully saturated rings. The van der Waals surface area contributed by atoms with Gasteiger partial charge in [0, 0.05) is 109 Å². The first kappa shape index (κ1) is 75.1. The fraction of sp³-hybridized carbons (Fsp3) is 0.364. The first-order valence-corrected chi connectivity index (χ1v) is 30.1. The molecule has 101 heavy (non-hydrogen) atoms. The van der Waals surface area contributed by atoms with Crippen molar-refractivity contribution >= 4 is 70.7 Å². The van der Waals surface area contributed by atoms with E-state index in [2.05, 4.69) is 31.9 Å². The molecular formula is C66H76N6O29. The van der Waals surface area contributed by atoms with Crippen LogP contribution in [0.25, 0.3) is 0 Å². The van der Waals surface area contributed by atoms with Gasteiger partial charge in [0.2, 0.25) is 0 Å². The minimum atomic E-state index is -2.36. The Balaban J connectivity index is 1.27. The summed E-state index contributed by atoms with van der Waals surface area (Å²) in [6.07, 6.45) is -29.6. The molecule has 0 aliphatic carbocycles. The molecule has 2 aliphatic rings. The smallest absolute Gasteiger partial charge is 0.412 e. The van der Waals surface area contributed by atoms with Gasteiger partial charge in [0.15, 0.2) is 37.0 Å². The van der Waals surface area contributed by atoms with Crippen molar-refractivity contribution in [1.82, 2.24) is 0 Å². The second kappa shape index (κ2) is 35.7. The average Bonchev–Trinajstić information content (AvgIpc) is 0.769. The molecule has 8 N–H and O–H groups in total. The number of aliphatic hydroxyl groups excluding tert-OH is 2. The van der Waals surface area contributed by atoms with Crippen LogP contribution < -0.4 is 88.7 Å². The molecule has 6 amide bonds. The molecule has 6 aromatic carbocycles. The lowest BCUT2D eigenvalue weighted by atomic mass is 9.96. The molecule has 2 saturated heterocycles. The number of carbonyl (C=O) groups is 6. The molecule has 0 bridgehead atoms. The lowest BCUT2D eigenvalue weighted by Gasteiger charge is -2.47. The maximum Gasteiger partial charge on any atom is 0.412 e. The fourth-order valence-electron chi connectivity index (χ4n) is 9.99. The highest BCUT2D eigenvalue weighted by Gasteiger charge is 2.57. The Bertz CT molecular complexity index is 3710. The topological polar surface area (TPSA) is 409 Å². The van der Waals surface area contributed by atoms with Crippen LogP contribution in [-0.4, -0.2) is 207 Å². The Morgan fingerprint density at radius 3 is 0.812 bits per heavy atom. The van der Waals surface area contributed by atoms with E-state index in [1.807, 2.05) is 0 Å². The molecule has 10 atom stereocenters. The maximum atomic E-state index is 14.7. The van der Waals surface area contributed by atoms with Gasteiger partial charge in [-0.1, -0.05) is 0 Å². The van der Waals surface area contributed by atoms with Crippen LogP contribution in [-0.2, 0) is 42.6 Å². The molecule has 2 heterocycles. The number of rotatable bonds is 28. The summed E-state index contributed by atoms with van der Waals surface area (Å²) in [7, 11) is 16.3. The van der Waals surface area contributed by atoms with Crippen molar-refractivity contribution in [3.63, 3.8) is 0 Å². The molecule has 8 rings (SSSR count). The van der Waals surface area contributed by atoms with Crippen LogP contribution in [0, 0.1) is 0 Å². The molecule has 0 saturated carbocycles. The largest absolute Gasteiger partial charge is 0.497 e. The number of ether oxygens (including phenoxy) is 21. The van der Waals surface area contributed by atoms with Crippen LogP contribution >= 0.6 is 0 Å². The lowest BCUT2D eigenvalue weighted by Crippen LogP contribution is -2.67. The molecule has 6 aromatic rings. The van der Waals surface area contributed by atoms with Gasteiger partial charge in [-0.05, 0) is 0 Å². The average molecular weight is 1420 g/mol. The van der Waals surface area contributed by atoms with E-state index in [0.29, 0.717) is 0 Å². The van der Waals surface area contributed by atoms with Crippen LogP contribution in [0.1, 0.15) is 0 Å². The minimum absolute atomic E-state index is 0.00888. The van der Waals surface area contributed by atoms with Crippen LogP contribution in [0.5, 0.6) is 69.0 Å². The zero-order valence-electron chi connectivity index (χ0n) is 56.5. The molecule has 0 radical (unpaired) electrons. The standard InChI is InChI=1S/C66H76N6O29/c1-81-39-13-33(14-40(25-39)82-2)67-61(75)93-31-51-53(73)55(98-63(77)69-35-17-43(85-5)27-44(18-35)86-6)58(101-66(80)72-38-23-49(91-11)30-50(24-38)92-12)60(96-51)97-54-52(32-94-62(76)68-34-15-41(83-3)26-42(16-34)84-4)95-59(74)57(100-65(79)71-37-21-47(89-9)29-48(22-37)90-10)56(54)99-64(78)70-36-19-45(87-7)28-46(20-36)88-8/h13-30,51-60,73-74H,31-32H2,1-12H3,(H,67,75)(H,68,76)(H,69,77)(H,70,78)(H,71,79)(H,72,80)/t51-,52-,53-,54-,55+,56+,57-,58-,59+,60-/m1/s1. The van der Waals surface area contributed by atoms with E-state index in [-0.39, 0.29) is 103 Å². The van der Waals surface area contributed by atoms with Crippen molar-refractivity contribution in [2.75, 3.05) is 130 Å². The van der Waals surface area contributed by atoms with E-state index in [0.717, 1.165) is 0 Å². The fourth-order valence-corrected chi connectivity index (χ4v) is 9.99. The van der Waals surface area contributed by atoms with E-state index >= 15 is 0 Å². The van der Waals surface area contributed by atoms with Crippen molar-refractivity contribution in [2.45, 2.75) is 61.4 Å². The van der Waals surface area contributed by atoms with E-state index in [4.69, 9.17) is 99.5 Å². The SMILES string of the molecule is COc1cc(NC(=O)OC[C@H]2O[C@H](O[C@H]3[C@H](OC(=O)Nc4cc(OC)cc(OC)c4)[C@@H](OC(=O)Nc4cc(OC)cc(OC)c4)[C@@H](O)O[C@@H]3COC(=O)Nc3cc(OC)cc(OC)c3)[C@H](OC(=O)Nc3cc(OC)cc(OC)c3)[C@@H](OC(=O)Nc3cc(OC)cc(OC)c3)[C@@H]2O)cc(OC)c1. The molecule has 0 unspecified atom stereocenters. The van der Waals surface area contributed by atoms with Crippen molar-refractivity contribution in [3.05, 3.63) is 109 Å². The van der Waals surface area contributed by atoms with E-state index in [1.54, 1.807) is 0 Å². The third-order valence-electron chi connectivity index (χ3n) is 14.8. The first-order valence-electron chi connectivity index (χ1n) is 30.1. The van der Waals surface area contributed by atoms with Crippen LogP contribution in [0.3, 0.4) is 0 Å². The number of anilines is 6. The number of nitrogens with one attached hydrogen (secondary N) is 6. The number of aliphatic hydroxyl groups is 2. The Labute approximate surface area is 577 Å². The van der Waals surface area contributed by atoms with Gasteiger partial charge in [-0.15, -0.1) is 0 Å². The molecule has 0 aromatic heterocycles. The van der Waals surface area contributed by atoms with Gasteiger partial charge in [0.25, 0.3) is 0 Å². The second-order valence-corrected chi connectivity index (χ2v) is 21.2. The van der Waals surface area contributed by atoms with Crippen molar-refractivity contribution < 1.29 is 138 Å². The summed E-state index contributed by atoms with van der Waals surface area (Å²) in [5.41, 5.74) is 0.209. The third kappa shape index (κ3) is 20.7. The normalized spacial score (nSPS) is 19.7. The summed E-state index contributed by atoms with van der Waals surface area (Å²) in [4.78, 5) is 85.9. The van der Waals surface area contributed by atoms with Gasteiger partial charge in [-0.25, -0.2) is 28.8 Å². The van der Waals surface area contributed by atoms with Crippen LogP contribution in [0.15, 0.2) is 109 Å². The van der Waals surface area contributed by atoms with Crippen molar-refractivity contribution in [1.29, 1.82) is 0 Å². The molecule has 2 aliphatic heterocycles. The first-order chi connectivity index (χ1) is 48.6. The highest BCUT2D eigenvalue weighted by Crippen LogP contribution is 2.38. The summed E-state index contributed by atoms with van der Waals surface area (Å²) in [5, 5.41) is 39.9. The number of amides is 6. The van der Waals surface area contributed by atoms with Gasteiger partial charge in [0.1, 0.15) is 107 Å². The predicted molar refractivity (Wildman–Crippen MR) is 353 cm³/mol. The van der Waals surface area contributed by atoms with Gasteiger partial charge in [0.05, 0.1) is 119 Å². The quantitative estimate of drug-likeness (QED) is 0.0214. The Morgan fingerprint density at radius 1 is 0.297 bits per heavy atom. The predicted octanol–water partition coefficient (Wildman–Crippen LogP) is 8.24. The Hall–Kier alpha value is -11.7. The van der Waals surface area contributed by atoms with Gasteiger partial charge in [-0.2, -0.15) is 0 Å². The van der Waals surface area contributed by atoms with Gasteiger partial charge >= 0.3 is 36.6 Å². The maximum absolute atomic E-state index is 14.7. The van der Waals surface area contributed by atoms with Crippen molar-refractivity contribution in [3.8, 4) is 69.0 Å². The van der Waals surface area contributed by atoms with Gasteiger partial charge in [-0.3, -0.25) is 31.9 Å². The van der Waals surface area contributed by atoms with E-state index < -0.39 is 111 Å². The zero-order valence-corrected chi connectivity index (χ0v) is 56.5. The molecule has 0 spiro atoms. The molecular weight excluding hydrogens is 1340 g/mol. The number of carbonyl (C=O) groups excluding carboxylic acids is 6. The monoisotopic (exact) mass is 1420 g/mol. The van der Waals surface area contributed by atoms with Crippen LogP contribution in [0.2, 0.25) is 0 Å².